The standard InChI is InChI=1S/C13H21N3OS/c1-13(2,11-14-8-9-18-11)16-12(17)15-10-6-4-3-5-7-10/h8-10H,3-7H2,1-2H3,(H2,15,16,17). The van der Waals surface area contributed by atoms with Crippen LogP contribution in [0.5, 0.6) is 0 Å². The van der Waals surface area contributed by atoms with Crippen molar-refractivity contribution < 1.29 is 4.79 Å². The lowest BCUT2D eigenvalue weighted by Crippen LogP contribution is -2.49. The average molecular weight is 267 g/mol. The van der Waals surface area contributed by atoms with E-state index in [4.69, 9.17) is 0 Å². The molecular formula is C13H21N3OS. The Bertz CT molecular complexity index is 383. The second kappa shape index (κ2) is 5.69. The topological polar surface area (TPSA) is 54.0 Å². The highest BCUT2D eigenvalue weighted by molar-refractivity contribution is 7.09. The lowest BCUT2D eigenvalue weighted by Gasteiger charge is -2.27. The van der Waals surface area contributed by atoms with Crippen LogP contribution >= 0.6 is 11.3 Å². The second-order valence-corrected chi connectivity index (χ2v) is 6.29. The van der Waals surface area contributed by atoms with E-state index >= 15 is 0 Å². The van der Waals surface area contributed by atoms with Gasteiger partial charge in [-0.25, -0.2) is 9.78 Å². The van der Waals surface area contributed by atoms with Crippen LogP contribution < -0.4 is 10.6 Å². The number of rotatable bonds is 3. The van der Waals surface area contributed by atoms with Crippen molar-refractivity contribution in [2.45, 2.75) is 57.5 Å². The van der Waals surface area contributed by atoms with Crippen LogP contribution in [0.1, 0.15) is 51.0 Å². The summed E-state index contributed by atoms with van der Waals surface area (Å²) in [5.41, 5.74) is -0.410. The Morgan fingerprint density at radius 2 is 2.11 bits per heavy atom. The molecule has 0 aromatic carbocycles. The van der Waals surface area contributed by atoms with Gasteiger partial charge in [-0.05, 0) is 26.7 Å². The molecule has 4 nitrogen and oxygen atoms in total. The number of urea groups is 1. The largest absolute Gasteiger partial charge is 0.335 e. The number of amides is 2. The molecule has 1 aliphatic carbocycles. The monoisotopic (exact) mass is 267 g/mol. The molecule has 2 amide bonds. The zero-order chi connectivity index (χ0) is 13.0. The van der Waals surface area contributed by atoms with Gasteiger partial charge in [0.1, 0.15) is 5.01 Å². The summed E-state index contributed by atoms with van der Waals surface area (Å²) in [5.74, 6) is 0. The van der Waals surface area contributed by atoms with Crippen LogP contribution in [-0.4, -0.2) is 17.1 Å². The fourth-order valence-electron chi connectivity index (χ4n) is 2.34. The molecule has 0 spiro atoms. The number of hydrogen-bond donors (Lipinski definition) is 2. The molecule has 0 radical (unpaired) electrons. The van der Waals surface area contributed by atoms with Crippen LogP contribution in [0.15, 0.2) is 11.6 Å². The summed E-state index contributed by atoms with van der Waals surface area (Å²) in [6.45, 7) is 3.96. The number of thiazole rings is 1. The van der Waals surface area contributed by atoms with Crippen molar-refractivity contribution in [1.82, 2.24) is 15.6 Å². The van der Waals surface area contributed by atoms with Crippen molar-refractivity contribution in [2.75, 3.05) is 0 Å². The Labute approximate surface area is 112 Å². The highest BCUT2D eigenvalue weighted by atomic mass is 32.1. The molecule has 2 rings (SSSR count). The molecular weight excluding hydrogens is 246 g/mol. The van der Waals surface area contributed by atoms with Crippen molar-refractivity contribution in [3.63, 3.8) is 0 Å². The van der Waals surface area contributed by atoms with E-state index in [1.807, 2.05) is 19.2 Å². The van der Waals surface area contributed by atoms with Gasteiger partial charge in [-0.1, -0.05) is 19.3 Å². The fraction of sp³-hybridized carbons (Fsp3) is 0.692. The van der Waals surface area contributed by atoms with E-state index < -0.39 is 5.54 Å². The van der Waals surface area contributed by atoms with E-state index in [1.54, 1.807) is 17.5 Å². The third-order valence-corrected chi connectivity index (χ3v) is 4.43. The lowest BCUT2D eigenvalue weighted by molar-refractivity contribution is 0.222. The van der Waals surface area contributed by atoms with Gasteiger partial charge in [-0.15, -0.1) is 11.3 Å². The summed E-state index contributed by atoms with van der Waals surface area (Å²) >= 11 is 1.56. The Morgan fingerprint density at radius 1 is 1.39 bits per heavy atom. The van der Waals surface area contributed by atoms with Gasteiger partial charge in [0.15, 0.2) is 0 Å². The number of nitrogens with one attached hydrogen (secondary N) is 2. The summed E-state index contributed by atoms with van der Waals surface area (Å²) in [7, 11) is 0. The van der Waals surface area contributed by atoms with E-state index in [2.05, 4.69) is 15.6 Å². The first-order chi connectivity index (χ1) is 8.58. The minimum atomic E-state index is -0.410. The second-order valence-electron chi connectivity index (χ2n) is 5.40. The van der Waals surface area contributed by atoms with Crippen molar-refractivity contribution in [3.8, 4) is 0 Å². The van der Waals surface area contributed by atoms with Crippen molar-refractivity contribution in [1.29, 1.82) is 0 Å². The van der Waals surface area contributed by atoms with Crippen LogP contribution in [0.4, 0.5) is 4.79 Å². The molecule has 2 N–H and O–H groups in total. The molecule has 18 heavy (non-hydrogen) atoms. The summed E-state index contributed by atoms with van der Waals surface area (Å²) in [5, 5.41) is 8.93. The molecule has 0 aliphatic heterocycles. The molecule has 0 unspecified atom stereocenters. The molecule has 1 aromatic rings. The van der Waals surface area contributed by atoms with Crippen LogP contribution in [0.25, 0.3) is 0 Å². The molecule has 1 saturated carbocycles. The fourth-order valence-corrected chi connectivity index (χ4v) is 3.06. The van der Waals surface area contributed by atoms with E-state index in [9.17, 15) is 4.79 Å². The van der Waals surface area contributed by atoms with Gasteiger partial charge in [0.2, 0.25) is 0 Å². The summed E-state index contributed by atoms with van der Waals surface area (Å²) in [4.78, 5) is 16.2. The molecule has 0 bridgehead atoms. The van der Waals surface area contributed by atoms with Gasteiger partial charge >= 0.3 is 6.03 Å². The number of carbonyl (C=O) groups is 1. The van der Waals surface area contributed by atoms with Crippen LogP contribution in [-0.2, 0) is 5.54 Å². The third kappa shape index (κ3) is 3.45. The normalized spacial score (nSPS) is 17.4. The Morgan fingerprint density at radius 3 is 2.72 bits per heavy atom. The predicted octanol–water partition coefficient (Wildman–Crippen LogP) is 3.01. The molecule has 5 heteroatoms. The van der Waals surface area contributed by atoms with E-state index in [1.165, 1.54) is 19.3 Å². The third-order valence-electron chi connectivity index (χ3n) is 3.33. The van der Waals surface area contributed by atoms with Crippen LogP contribution in [0, 0.1) is 0 Å². The maximum Gasteiger partial charge on any atom is 0.315 e. The quantitative estimate of drug-likeness (QED) is 0.884. The molecule has 0 atom stereocenters. The van der Waals surface area contributed by atoms with Crippen molar-refractivity contribution >= 4 is 17.4 Å². The smallest absolute Gasteiger partial charge is 0.315 e. The molecule has 1 aliphatic rings. The number of nitrogens with zero attached hydrogens (tertiary/aromatic N) is 1. The van der Waals surface area contributed by atoms with Gasteiger partial charge in [0.25, 0.3) is 0 Å². The lowest BCUT2D eigenvalue weighted by atomic mass is 9.96. The van der Waals surface area contributed by atoms with Gasteiger partial charge in [-0.3, -0.25) is 0 Å². The minimum Gasteiger partial charge on any atom is -0.335 e. The summed E-state index contributed by atoms with van der Waals surface area (Å²) in [6, 6.07) is 0.257. The minimum absolute atomic E-state index is 0.0814. The molecule has 1 heterocycles. The number of aromatic nitrogens is 1. The molecule has 100 valence electrons. The van der Waals surface area contributed by atoms with Gasteiger partial charge in [0.05, 0.1) is 5.54 Å². The first kappa shape index (κ1) is 13.3. The SMILES string of the molecule is CC(C)(NC(=O)NC1CCCCC1)c1nccs1. The number of hydrogen-bond acceptors (Lipinski definition) is 3. The van der Waals surface area contributed by atoms with E-state index in [0.29, 0.717) is 6.04 Å². The molecule has 1 fully saturated rings. The van der Waals surface area contributed by atoms with Crippen LogP contribution in [0.3, 0.4) is 0 Å². The zero-order valence-corrected chi connectivity index (χ0v) is 11.8. The Balaban J connectivity index is 1.86. The molecule has 0 saturated heterocycles. The highest BCUT2D eigenvalue weighted by Gasteiger charge is 2.26. The number of carbonyl (C=O) groups excluding carboxylic acids is 1. The van der Waals surface area contributed by atoms with E-state index in [0.717, 1.165) is 17.8 Å². The maximum atomic E-state index is 12.0. The summed E-state index contributed by atoms with van der Waals surface area (Å²) in [6.07, 6.45) is 7.71. The first-order valence-corrected chi connectivity index (χ1v) is 7.44. The van der Waals surface area contributed by atoms with Crippen LogP contribution in [0.2, 0.25) is 0 Å². The van der Waals surface area contributed by atoms with Crippen molar-refractivity contribution in [3.05, 3.63) is 16.6 Å². The van der Waals surface area contributed by atoms with Gasteiger partial charge < -0.3 is 10.6 Å². The maximum absolute atomic E-state index is 12.0. The average Bonchev–Trinajstić information content (AvgIpc) is 2.83. The summed E-state index contributed by atoms with van der Waals surface area (Å²) < 4.78 is 0. The van der Waals surface area contributed by atoms with Gasteiger partial charge in [0, 0.05) is 17.6 Å². The van der Waals surface area contributed by atoms with E-state index in [-0.39, 0.29) is 6.03 Å². The van der Waals surface area contributed by atoms with Gasteiger partial charge in [-0.2, -0.15) is 0 Å². The Hall–Kier alpha value is -1.10. The predicted molar refractivity (Wildman–Crippen MR) is 73.7 cm³/mol. The Kier molecular flexibility index (Phi) is 4.22. The molecule has 1 aromatic heterocycles. The first-order valence-electron chi connectivity index (χ1n) is 6.56. The highest BCUT2D eigenvalue weighted by Crippen LogP contribution is 2.22. The van der Waals surface area contributed by atoms with Crippen molar-refractivity contribution in [2.24, 2.45) is 0 Å². The zero-order valence-electron chi connectivity index (χ0n) is 11.0.